The van der Waals surface area contributed by atoms with Crippen LogP contribution in [-0.4, -0.2) is 22.4 Å². The van der Waals surface area contributed by atoms with Gasteiger partial charge in [-0.25, -0.2) is 17.4 Å². The quantitative estimate of drug-likeness (QED) is 0.680. The van der Waals surface area contributed by atoms with E-state index in [2.05, 4.69) is 9.97 Å². The summed E-state index contributed by atoms with van der Waals surface area (Å²) in [7, 11) is -3.67. The highest BCUT2D eigenvalue weighted by Gasteiger charge is 2.19. The first-order valence-electron chi connectivity index (χ1n) is 5.39. The molecule has 0 fully saturated rings. The van der Waals surface area contributed by atoms with E-state index in [0.717, 1.165) is 3.97 Å². The maximum absolute atomic E-state index is 12.5. The van der Waals surface area contributed by atoms with Crippen LogP contribution in [0.25, 0.3) is 11.0 Å². The predicted octanol–water partition coefficient (Wildman–Crippen LogP) is 2.32. The van der Waals surface area contributed by atoms with E-state index >= 15 is 0 Å². The Balaban J connectivity index is 2.28. The Morgan fingerprint density at radius 2 is 1.84 bits per heavy atom. The highest BCUT2D eigenvalue weighted by Crippen LogP contribution is 2.20. The normalized spacial score (nSPS) is 11.8. The third-order valence-corrected chi connectivity index (χ3v) is 4.53. The number of hydrogen-bond acceptors (Lipinski definition) is 4. The first-order chi connectivity index (χ1) is 9.09. The molecule has 0 N–H and O–H groups in total. The fourth-order valence-corrected chi connectivity index (χ4v) is 3.23. The van der Waals surface area contributed by atoms with Crippen molar-refractivity contribution in [2.75, 3.05) is 0 Å². The minimum absolute atomic E-state index is 0.00992. The summed E-state index contributed by atoms with van der Waals surface area (Å²) in [6.07, 6.45) is 2.93. The summed E-state index contributed by atoms with van der Waals surface area (Å²) < 4.78 is 26.1. The Bertz CT molecular complexity index is 844. The molecule has 7 heteroatoms. The van der Waals surface area contributed by atoms with Crippen molar-refractivity contribution in [3.8, 4) is 0 Å². The van der Waals surface area contributed by atoms with Gasteiger partial charge in [0.15, 0.2) is 5.65 Å². The van der Waals surface area contributed by atoms with Crippen molar-refractivity contribution in [2.45, 2.75) is 4.90 Å². The molecule has 3 aromatic rings. The van der Waals surface area contributed by atoms with Crippen LogP contribution in [0.5, 0.6) is 0 Å². The van der Waals surface area contributed by atoms with Crippen LogP contribution in [0.2, 0.25) is 5.28 Å². The van der Waals surface area contributed by atoms with Crippen LogP contribution in [0, 0.1) is 0 Å². The van der Waals surface area contributed by atoms with E-state index in [1.807, 2.05) is 0 Å². The Labute approximate surface area is 114 Å². The minimum Gasteiger partial charge on any atom is -0.226 e. The molecule has 1 aromatic carbocycles. The molecule has 2 heterocycles. The lowest BCUT2D eigenvalue weighted by Crippen LogP contribution is -2.12. The first kappa shape index (κ1) is 12.1. The topological polar surface area (TPSA) is 64.8 Å². The van der Waals surface area contributed by atoms with E-state index in [4.69, 9.17) is 11.6 Å². The van der Waals surface area contributed by atoms with Crippen LogP contribution in [0.15, 0.2) is 53.7 Å². The minimum atomic E-state index is -3.67. The molecular weight excluding hydrogens is 286 g/mol. The van der Waals surface area contributed by atoms with Crippen molar-refractivity contribution < 1.29 is 8.42 Å². The fourth-order valence-electron chi connectivity index (χ4n) is 1.77. The van der Waals surface area contributed by atoms with E-state index in [0.29, 0.717) is 5.39 Å². The summed E-state index contributed by atoms with van der Waals surface area (Å²) in [4.78, 5) is 7.98. The number of halogens is 1. The highest BCUT2D eigenvalue weighted by molar-refractivity contribution is 7.90. The first-order valence-corrected chi connectivity index (χ1v) is 7.21. The van der Waals surface area contributed by atoms with Gasteiger partial charge in [-0.05, 0) is 29.8 Å². The van der Waals surface area contributed by atoms with Gasteiger partial charge in [-0.15, -0.1) is 0 Å². The largest absolute Gasteiger partial charge is 0.269 e. The molecular formula is C12H8ClN3O2S. The van der Waals surface area contributed by atoms with E-state index in [9.17, 15) is 8.42 Å². The van der Waals surface area contributed by atoms with Gasteiger partial charge in [-0.1, -0.05) is 18.2 Å². The molecule has 0 aliphatic rings. The summed E-state index contributed by atoms with van der Waals surface area (Å²) in [5.74, 6) is 0. The van der Waals surface area contributed by atoms with Crippen LogP contribution in [0.1, 0.15) is 0 Å². The number of nitrogens with zero attached hydrogens (tertiary/aromatic N) is 3. The molecule has 96 valence electrons. The third kappa shape index (κ3) is 1.98. The molecule has 19 heavy (non-hydrogen) atoms. The summed E-state index contributed by atoms with van der Waals surface area (Å²) in [6, 6.07) is 9.78. The van der Waals surface area contributed by atoms with Gasteiger partial charge < -0.3 is 0 Å². The van der Waals surface area contributed by atoms with Crippen LogP contribution in [0.4, 0.5) is 0 Å². The van der Waals surface area contributed by atoms with Crippen molar-refractivity contribution in [1.82, 2.24) is 13.9 Å². The average molecular weight is 294 g/mol. The predicted molar refractivity (Wildman–Crippen MR) is 71.6 cm³/mol. The van der Waals surface area contributed by atoms with Crippen molar-refractivity contribution in [2.24, 2.45) is 0 Å². The standard InChI is InChI=1S/C12H8ClN3O2S/c13-12-14-8-9-6-7-16(11(9)15-12)19(17,18)10-4-2-1-3-5-10/h1-8H. The molecule has 0 amide bonds. The molecule has 0 radical (unpaired) electrons. The van der Waals surface area contributed by atoms with Crippen LogP contribution < -0.4 is 0 Å². The molecule has 0 saturated carbocycles. The molecule has 0 saturated heterocycles. The van der Waals surface area contributed by atoms with Crippen molar-refractivity contribution in [1.29, 1.82) is 0 Å². The lowest BCUT2D eigenvalue weighted by Gasteiger charge is -2.06. The van der Waals surface area contributed by atoms with E-state index in [-0.39, 0.29) is 15.8 Å². The Kier molecular flexibility index (Phi) is 2.76. The third-order valence-electron chi connectivity index (χ3n) is 2.66. The summed E-state index contributed by atoms with van der Waals surface area (Å²) in [5.41, 5.74) is 0.267. The van der Waals surface area contributed by atoms with Gasteiger partial charge in [0, 0.05) is 17.8 Å². The zero-order chi connectivity index (χ0) is 13.5. The van der Waals surface area contributed by atoms with Crippen LogP contribution >= 0.6 is 11.6 Å². The van der Waals surface area contributed by atoms with Crippen molar-refractivity contribution >= 4 is 32.7 Å². The molecule has 0 unspecified atom stereocenters. The average Bonchev–Trinajstić information content (AvgIpc) is 2.83. The second-order valence-corrected chi connectivity index (χ2v) is 6.00. The van der Waals surface area contributed by atoms with Gasteiger partial charge in [-0.3, -0.25) is 0 Å². The molecule has 5 nitrogen and oxygen atoms in total. The number of fused-ring (bicyclic) bond motifs is 1. The maximum Gasteiger partial charge on any atom is 0.269 e. The van der Waals surface area contributed by atoms with Gasteiger partial charge >= 0.3 is 0 Å². The number of benzene rings is 1. The molecule has 0 bridgehead atoms. The zero-order valence-electron chi connectivity index (χ0n) is 9.56. The summed E-state index contributed by atoms with van der Waals surface area (Å²) >= 11 is 5.71. The molecule has 3 rings (SSSR count). The van der Waals surface area contributed by atoms with Gasteiger partial charge in [0.2, 0.25) is 5.28 Å². The summed E-state index contributed by atoms with van der Waals surface area (Å²) in [5, 5.41) is 0.625. The van der Waals surface area contributed by atoms with Crippen LogP contribution in [0.3, 0.4) is 0 Å². The van der Waals surface area contributed by atoms with Gasteiger partial charge in [0.05, 0.1) is 4.90 Å². The molecule has 2 aromatic heterocycles. The molecule has 0 atom stereocenters. The lowest BCUT2D eigenvalue weighted by molar-refractivity contribution is 0.589. The monoisotopic (exact) mass is 293 g/mol. The van der Waals surface area contributed by atoms with E-state index < -0.39 is 10.0 Å². The highest BCUT2D eigenvalue weighted by atomic mass is 35.5. The number of rotatable bonds is 2. The van der Waals surface area contributed by atoms with Gasteiger partial charge in [0.25, 0.3) is 10.0 Å². The second kappa shape index (κ2) is 4.32. The van der Waals surface area contributed by atoms with Gasteiger partial charge in [-0.2, -0.15) is 4.98 Å². The van der Waals surface area contributed by atoms with Gasteiger partial charge in [0.1, 0.15) is 0 Å². The molecule has 0 aliphatic heterocycles. The molecule has 0 aliphatic carbocycles. The SMILES string of the molecule is O=S(=O)(c1ccccc1)n1ccc2cnc(Cl)nc21. The Morgan fingerprint density at radius 1 is 1.11 bits per heavy atom. The molecule has 0 spiro atoms. The van der Waals surface area contributed by atoms with Crippen molar-refractivity contribution in [3.05, 3.63) is 54.1 Å². The number of aromatic nitrogens is 3. The Hall–Kier alpha value is -1.92. The van der Waals surface area contributed by atoms with Crippen LogP contribution in [-0.2, 0) is 10.0 Å². The van der Waals surface area contributed by atoms with Crippen molar-refractivity contribution in [3.63, 3.8) is 0 Å². The smallest absolute Gasteiger partial charge is 0.226 e. The maximum atomic E-state index is 12.5. The lowest BCUT2D eigenvalue weighted by atomic mass is 10.4. The van der Waals surface area contributed by atoms with E-state index in [1.165, 1.54) is 24.5 Å². The Morgan fingerprint density at radius 3 is 2.58 bits per heavy atom. The summed E-state index contributed by atoms with van der Waals surface area (Å²) in [6.45, 7) is 0. The zero-order valence-corrected chi connectivity index (χ0v) is 11.1. The fraction of sp³-hybridized carbons (Fsp3) is 0. The second-order valence-electron chi connectivity index (χ2n) is 3.85. The number of hydrogen-bond donors (Lipinski definition) is 0. The van der Waals surface area contributed by atoms with E-state index in [1.54, 1.807) is 24.3 Å².